The lowest BCUT2D eigenvalue weighted by Gasteiger charge is -2.16. The van der Waals surface area contributed by atoms with Crippen LogP contribution in [0.4, 0.5) is 17.3 Å². The van der Waals surface area contributed by atoms with Gasteiger partial charge in [0.1, 0.15) is 5.75 Å². The first-order valence-corrected chi connectivity index (χ1v) is 15.1. The standard InChI is InChI=1S/C39H27N3O.BF4/c43-39-35(31-18-10-20-40-26-31)24-34(25-36(39)32-19-11-21-41-27-32)42-37(29-14-6-2-7-15-29)22-33(28-12-4-1-5-13-28)23-38(42)30-16-8-3-9-17-30;2-1(3,4)5/h1-27H;/q;-1/p+1. The van der Waals surface area contributed by atoms with E-state index < -0.39 is 7.25 Å². The minimum Gasteiger partial charge on any atom is -0.507 e. The van der Waals surface area contributed by atoms with E-state index in [0.29, 0.717) is 11.1 Å². The molecular weight excluding hydrogens is 613 g/mol. The molecule has 0 atom stereocenters. The Balaban J connectivity index is 0.000000749. The summed E-state index contributed by atoms with van der Waals surface area (Å²) in [7, 11) is -6.00. The summed E-state index contributed by atoms with van der Waals surface area (Å²) >= 11 is 0. The van der Waals surface area contributed by atoms with Crippen LogP contribution in [0.1, 0.15) is 0 Å². The van der Waals surface area contributed by atoms with Crippen LogP contribution in [0.5, 0.6) is 5.75 Å². The highest BCUT2D eigenvalue weighted by atomic mass is 19.5. The molecule has 0 aliphatic heterocycles. The second-order valence-electron chi connectivity index (χ2n) is 10.8. The topological polar surface area (TPSA) is 49.9 Å². The average Bonchev–Trinajstić information content (AvgIpc) is 3.12. The Morgan fingerprint density at radius 2 is 0.833 bits per heavy atom. The predicted octanol–water partition coefficient (Wildman–Crippen LogP) is 10.1. The van der Waals surface area contributed by atoms with Gasteiger partial charge < -0.3 is 22.4 Å². The zero-order valence-electron chi connectivity index (χ0n) is 25.5. The maximum atomic E-state index is 11.7. The molecule has 0 unspecified atom stereocenters. The largest absolute Gasteiger partial charge is 0.673 e. The van der Waals surface area contributed by atoms with Crippen LogP contribution in [0.15, 0.2) is 164 Å². The summed E-state index contributed by atoms with van der Waals surface area (Å²) in [6.45, 7) is 0. The van der Waals surface area contributed by atoms with Crippen molar-refractivity contribution in [2.24, 2.45) is 0 Å². The van der Waals surface area contributed by atoms with E-state index in [1.54, 1.807) is 24.8 Å². The molecule has 0 saturated heterocycles. The molecule has 0 amide bonds. The second kappa shape index (κ2) is 14.1. The molecule has 1 N–H and O–H groups in total. The summed E-state index contributed by atoms with van der Waals surface area (Å²) in [5, 5.41) is 11.7. The summed E-state index contributed by atoms with van der Waals surface area (Å²) in [6, 6.07) is 47.7. The number of aromatic nitrogens is 3. The molecule has 0 aliphatic rings. The van der Waals surface area contributed by atoms with Gasteiger partial charge in [0.05, 0.1) is 0 Å². The molecule has 0 radical (unpaired) electrons. The molecule has 3 aromatic heterocycles. The first-order valence-electron chi connectivity index (χ1n) is 15.1. The van der Waals surface area contributed by atoms with Crippen LogP contribution in [0.2, 0.25) is 0 Å². The third kappa shape index (κ3) is 7.48. The van der Waals surface area contributed by atoms with E-state index in [2.05, 4.69) is 99.5 Å². The van der Waals surface area contributed by atoms with Gasteiger partial charge >= 0.3 is 7.25 Å². The lowest BCUT2D eigenvalue weighted by molar-refractivity contribution is -0.572. The number of halogens is 4. The monoisotopic (exact) mass is 641 g/mol. The zero-order valence-corrected chi connectivity index (χ0v) is 25.5. The Hall–Kier alpha value is -6.09. The molecule has 7 rings (SSSR count). The smallest absolute Gasteiger partial charge is 0.507 e. The Bertz CT molecular complexity index is 1990. The summed E-state index contributed by atoms with van der Waals surface area (Å²) in [6.07, 6.45) is 7.05. The summed E-state index contributed by atoms with van der Waals surface area (Å²) in [5.74, 6) is 0.189. The van der Waals surface area contributed by atoms with Crippen LogP contribution >= 0.6 is 0 Å². The fourth-order valence-corrected chi connectivity index (χ4v) is 5.55. The number of rotatable bonds is 6. The highest BCUT2D eigenvalue weighted by molar-refractivity contribution is 6.50. The van der Waals surface area contributed by atoms with Crippen molar-refractivity contribution < 1.29 is 26.9 Å². The van der Waals surface area contributed by atoms with Crippen LogP contribution in [0, 0.1) is 0 Å². The SMILES string of the molecule is F[B-](F)(F)F.Oc1c(-c2cccnc2)cc(-[n+]2c(-c3ccccc3)cc(-c3ccccc3)cc2-c2ccccc2)cc1-c1cccnc1. The highest BCUT2D eigenvalue weighted by Gasteiger charge is 2.27. The Labute approximate surface area is 275 Å². The fourth-order valence-electron chi connectivity index (χ4n) is 5.55. The molecule has 9 heteroatoms. The fraction of sp³-hybridized carbons (Fsp3) is 0. The van der Waals surface area contributed by atoms with Crippen LogP contribution < -0.4 is 4.57 Å². The van der Waals surface area contributed by atoms with E-state index in [9.17, 15) is 22.4 Å². The van der Waals surface area contributed by atoms with Gasteiger partial charge in [-0.1, -0.05) is 78.9 Å². The van der Waals surface area contributed by atoms with Crippen molar-refractivity contribution in [3.05, 3.63) is 164 Å². The maximum absolute atomic E-state index is 11.7. The molecule has 0 spiro atoms. The van der Waals surface area contributed by atoms with Crippen LogP contribution in [-0.2, 0) is 0 Å². The third-order valence-electron chi connectivity index (χ3n) is 7.61. The van der Waals surface area contributed by atoms with Gasteiger partial charge in [-0.3, -0.25) is 9.97 Å². The molecule has 0 bridgehead atoms. The lowest BCUT2D eigenvalue weighted by Crippen LogP contribution is -2.36. The van der Waals surface area contributed by atoms with E-state index in [-0.39, 0.29) is 5.75 Å². The average molecular weight is 641 g/mol. The Morgan fingerprint density at radius 3 is 1.21 bits per heavy atom. The van der Waals surface area contributed by atoms with E-state index in [4.69, 9.17) is 0 Å². The van der Waals surface area contributed by atoms with Gasteiger partial charge in [-0.2, -0.15) is 4.57 Å². The van der Waals surface area contributed by atoms with Gasteiger partial charge in [-0.25, -0.2) is 0 Å². The Kier molecular flexibility index (Phi) is 9.39. The molecule has 48 heavy (non-hydrogen) atoms. The lowest BCUT2D eigenvalue weighted by atomic mass is 9.95. The number of phenolic OH excluding ortho intramolecular Hbond substituents is 1. The first kappa shape index (κ1) is 31.9. The zero-order chi connectivity index (χ0) is 33.5. The molecule has 236 valence electrons. The van der Waals surface area contributed by atoms with E-state index in [1.807, 2.05) is 54.6 Å². The van der Waals surface area contributed by atoms with Crippen LogP contribution in [0.25, 0.3) is 61.6 Å². The van der Waals surface area contributed by atoms with Gasteiger partial charge in [0.25, 0.3) is 0 Å². The summed E-state index contributed by atoms with van der Waals surface area (Å²) in [5.41, 5.74) is 10.4. The summed E-state index contributed by atoms with van der Waals surface area (Å²) < 4.78 is 41.3. The molecule has 3 heterocycles. The molecular formula is C39H28BF4N3O. The minimum absolute atomic E-state index is 0.189. The first-order chi connectivity index (χ1) is 23.3. The normalized spacial score (nSPS) is 11.0. The van der Waals surface area contributed by atoms with Gasteiger partial charge in [0.2, 0.25) is 17.1 Å². The number of pyridine rings is 3. The number of hydrogen-bond donors (Lipinski definition) is 1. The quantitative estimate of drug-likeness (QED) is 0.112. The Morgan fingerprint density at radius 1 is 0.458 bits per heavy atom. The maximum Gasteiger partial charge on any atom is 0.673 e. The van der Waals surface area contributed by atoms with Crippen molar-refractivity contribution in [2.45, 2.75) is 0 Å². The van der Waals surface area contributed by atoms with E-state index in [1.165, 1.54) is 0 Å². The number of aromatic hydroxyl groups is 1. The van der Waals surface area contributed by atoms with Crippen molar-refractivity contribution in [3.63, 3.8) is 0 Å². The van der Waals surface area contributed by atoms with Crippen molar-refractivity contribution in [3.8, 4) is 67.3 Å². The number of benzene rings is 4. The number of nitrogens with zero attached hydrogens (tertiary/aromatic N) is 3. The number of hydrogen-bond acceptors (Lipinski definition) is 3. The van der Waals surface area contributed by atoms with E-state index in [0.717, 1.165) is 50.5 Å². The molecule has 4 nitrogen and oxygen atoms in total. The van der Waals surface area contributed by atoms with Crippen molar-refractivity contribution in [2.75, 3.05) is 0 Å². The highest BCUT2D eigenvalue weighted by Crippen LogP contribution is 2.40. The molecule has 0 fully saturated rings. The molecule has 4 aromatic carbocycles. The van der Waals surface area contributed by atoms with Crippen LogP contribution in [-0.4, -0.2) is 22.3 Å². The molecule has 0 saturated carbocycles. The predicted molar refractivity (Wildman–Crippen MR) is 183 cm³/mol. The second-order valence-corrected chi connectivity index (χ2v) is 10.8. The van der Waals surface area contributed by atoms with Crippen molar-refractivity contribution in [1.82, 2.24) is 9.97 Å². The number of phenols is 1. The molecule has 0 aliphatic carbocycles. The van der Waals surface area contributed by atoms with Crippen molar-refractivity contribution in [1.29, 1.82) is 0 Å². The summed E-state index contributed by atoms with van der Waals surface area (Å²) in [4.78, 5) is 8.70. The third-order valence-corrected chi connectivity index (χ3v) is 7.61. The van der Waals surface area contributed by atoms with Gasteiger partial charge in [-0.15, -0.1) is 0 Å². The molecule has 7 aromatic rings. The van der Waals surface area contributed by atoms with Crippen molar-refractivity contribution >= 4 is 7.25 Å². The van der Waals surface area contributed by atoms with Gasteiger partial charge in [0, 0.05) is 82.4 Å². The van der Waals surface area contributed by atoms with Crippen LogP contribution in [0.3, 0.4) is 0 Å². The van der Waals surface area contributed by atoms with E-state index >= 15 is 0 Å². The van der Waals surface area contributed by atoms with Gasteiger partial charge in [-0.05, 0) is 47.5 Å². The minimum atomic E-state index is -6.00. The van der Waals surface area contributed by atoms with Gasteiger partial charge in [0.15, 0.2) is 0 Å².